The van der Waals surface area contributed by atoms with Gasteiger partial charge in [0.1, 0.15) is 0 Å². The molecule has 3 amide bonds. The van der Waals surface area contributed by atoms with E-state index in [1.54, 1.807) is 0 Å². The third kappa shape index (κ3) is 6.58. The van der Waals surface area contributed by atoms with E-state index in [4.69, 9.17) is 16.3 Å². The molecule has 0 saturated heterocycles. The Bertz CT molecular complexity index is 1020. The van der Waals surface area contributed by atoms with E-state index in [1.807, 2.05) is 30.3 Å². The first-order chi connectivity index (χ1) is 13.6. The zero-order valence-electron chi connectivity index (χ0n) is 15.6. The summed E-state index contributed by atoms with van der Waals surface area (Å²) < 4.78 is 28.4. The summed E-state index contributed by atoms with van der Waals surface area (Å²) in [4.78, 5) is 35.8. The van der Waals surface area contributed by atoms with Crippen molar-refractivity contribution in [2.45, 2.75) is 24.5 Å². The largest absolute Gasteiger partial charge is 0.449 e. The number of nitrogens with one attached hydrogen (secondary N) is 2. The molecule has 0 aliphatic heterocycles. The molecule has 0 aliphatic carbocycles. The molecule has 2 N–H and O–H groups in total. The lowest BCUT2D eigenvalue weighted by Crippen LogP contribution is -2.44. The van der Waals surface area contributed by atoms with Crippen LogP contribution in [0.5, 0.6) is 0 Å². The van der Waals surface area contributed by atoms with Gasteiger partial charge in [-0.1, -0.05) is 41.9 Å². The second-order valence-electron chi connectivity index (χ2n) is 6.12. The summed E-state index contributed by atoms with van der Waals surface area (Å²) in [5.41, 5.74) is 0.752. The lowest BCUT2D eigenvalue weighted by Gasteiger charge is -2.14. The van der Waals surface area contributed by atoms with Crippen molar-refractivity contribution in [1.82, 2.24) is 10.6 Å². The van der Waals surface area contributed by atoms with Gasteiger partial charge in [0, 0.05) is 12.8 Å². The van der Waals surface area contributed by atoms with E-state index in [9.17, 15) is 22.8 Å². The van der Waals surface area contributed by atoms with Crippen molar-refractivity contribution in [3.05, 3.63) is 64.7 Å². The predicted octanol–water partition coefficient (Wildman–Crippen LogP) is 2.31. The van der Waals surface area contributed by atoms with Crippen LogP contribution in [0.3, 0.4) is 0 Å². The standard InChI is InChI=1S/C19H19ClN2O6S/c1-12(17(23)22-19(25)21-11-13-6-4-3-5-7-13)28-18(24)14-8-9-15(20)16(10-14)29(2,26)27/h3-10,12H,11H2,1-2H3,(H2,21,22,23,25). The molecular formula is C19H19ClN2O6S. The average Bonchev–Trinajstić information content (AvgIpc) is 2.66. The van der Waals surface area contributed by atoms with Gasteiger partial charge in [-0.3, -0.25) is 10.1 Å². The van der Waals surface area contributed by atoms with Crippen LogP contribution in [0, 0.1) is 0 Å². The minimum atomic E-state index is -3.65. The zero-order chi connectivity index (χ0) is 21.6. The normalized spacial score (nSPS) is 12.0. The topological polar surface area (TPSA) is 119 Å². The maximum Gasteiger partial charge on any atom is 0.338 e. The second-order valence-corrected chi connectivity index (χ2v) is 8.51. The van der Waals surface area contributed by atoms with Crippen LogP contribution in [-0.4, -0.2) is 38.7 Å². The molecule has 2 aromatic rings. The summed E-state index contributed by atoms with van der Waals surface area (Å²) in [7, 11) is -3.65. The highest BCUT2D eigenvalue weighted by atomic mass is 35.5. The Balaban J connectivity index is 1.93. The van der Waals surface area contributed by atoms with Gasteiger partial charge >= 0.3 is 12.0 Å². The van der Waals surface area contributed by atoms with Crippen molar-refractivity contribution >= 4 is 39.3 Å². The summed E-state index contributed by atoms with van der Waals surface area (Å²) >= 11 is 5.83. The monoisotopic (exact) mass is 438 g/mol. The fourth-order valence-electron chi connectivity index (χ4n) is 2.23. The first kappa shape index (κ1) is 22.4. The maximum absolute atomic E-state index is 12.2. The molecule has 0 fully saturated rings. The van der Waals surface area contributed by atoms with Gasteiger partial charge in [-0.2, -0.15) is 0 Å². The molecule has 10 heteroatoms. The smallest absolute Gasteiger partial charge is 0.338 e. The first-order valence-corrected chi connectivity index (χ1v) is 10.7. The van der Waals surface area contributed by atoms with Crippen LogP contribution in [0.2, 0.25) is 5.02 Å². The Morgan fingerprint density at radius 2 is 1.76 bits per heavy atom. The molecule has 29 heavy (non-hydrogen) atoms. The molecule has 0 aliphatic rings. The number of rotatable bonds is 6. The summed E-state index contributed by atoms with van der Waals surface area (Å²) in [5, 5.41) is 4.54. The highest BCUT2D eigenvalue weighted by Gasteiger charge is 2.22. The van der Waals surface area contributed by atoms with Gasteiger partial charge in [-0.15, -0.1) is 0 Å². The van der Waals surface area contributed by atoms with E-state index in [0.29, 0.717) is 0 Å². The van der Waals surface area contributed by atoms with E-state index in [1.165, 1.54) is 19.1 Å². The second kappa shape index (κ2) is 9.53. The molecule has 1 unspecified atom stereocenters. The lowest BCUT2D eigenvalue weighted by atomic mass is 10.2. The van der Waals surface area contributed by atoms with Crippen LogP contribution >= 0.6 is 11.6 Å². The van der Waals surface area contributed by atoms with Crippen molar-refractivity contribution < 1.29 is 27.5 Å². The molecule has 154 valence electrons. The molecule has 2 aromatic carbocycles. The van der Waals surface area contributed by atoms with Crippen molar-refractivity contribution in [2.24, 2.45) is 0 Å². The Kier molecular flexibility index (Phi) is 7.35. The van der Waals surface area contributed by atoms with E-state index < -0.39 is 33.8 Å². The van der Waals surface area contributed by atoms with Crippen molar-refractivity contribution in [3.8, 4) is 0 Å². The van der Waals surface area contributed by atoms with Crippen LogP contribution in [0.1, 0.15) is 22.8 Å². The summed E-state index contributed by atoms with van der Waals surface area (Å²) in [5.74, 6) is -1.76. The molecule has 2 rings (SSSR count). The highest BCUT2D eigenvalue weighted by Crippen LogP contribution is 2.23. The molecule has 0 heterocycles. The fourth-order valence-corrected chi connectivity index (χ4v) is 3.53. The Morgan fingerprint density at radius 1 is 1.10 bits per heavy atom. The van der Waals surface area contributed by atoms with E-state index in [-0.39, 0.29) is 22.0 Å². The predicted molar refractivity (Wildman–Crippen MR) is 106 cm³/mol. The van der Waals surface area contributed by atoms with Gasteiger partial charge < -0.3 is 10.1 Å². The minimum Gasteiger partial charge on any atom is -0.449 e. The number of sulfone groups is 1. The van der Waals surface area contributed by atoms with E-state index in [2.05, 4.69) is 10.6 Å². The Morgan fingerprint density at radius 3 is 2.38 bits per heavy atom. The van der Waals surface area contributed by atoms with Gasteiger partial charge in [-0.25, -0.2) is 18.0 Å². The number of amides is 3. The molecule has 0 aromatic heterocycles. The molecule has 8 nitrogen and oxygen atoms in total. The van der Waals surface area contributed by atoms with Crippen molar-refractivity contribution in [3.63, 3.8) is 0 Å². The molecule has 0 bridgehead atoms. The van der Waals surface area contributed by atoms with Crippen LogP contribution in [-0.2, 0) is 25.9 Å². The van der Waals surface area contributed by atoms with Crippen LogP contribution in [0.15, 0.2) is 53.4 Å². The maximum atomic E-state index is 12.2. The molecular weight excluding hydrogens is 420 g/mol. The summed E-state index contributed by atoms with van der Waals surface area (Å²) in [6.45, 7) is 1.50. The number of imide groups is 1. The van der Waals surface area contributed by atoms with E-state index >= 15 is 0 Å². The van der Waals surface area contributed by atoms with Gasteiger partial charge in [0.15, 0.2) is 15.9 Å². The quantitative estimate of drug-likeness (QED) is 0.668. The number of esters is 1. The van der Waals surface area contributed by atoms with Crippen LogP contribution < -0.4 is 10.6 Å². The van der Waals surface area contributed by atoms with Gasteiger partial charge in [0.2, 0.25) is 0 Å². The Hall–Kier alpha value is -2.91. The van der Waals surface area contributed by atoms with Crippen LogP contribution in [0.25, 0.3) is 0 Å². The van der Waals surface area contributed by atoms with Crippen molar-refractivity contribution in [2.75, 3.05) is 6.26 Å². The Labute approximate surface area is 173 Å². The molecule has 0 saturated carbocycles. The van der Waals surface area contributed by atoms with Gasteiger partial charge in [0.05, 0.1) is 15.5 Å². The number of hydrogen-bond donors (Lipinski definition) is 2. The number of hydrogen-bond acceptors (Lipinski definition) is 6. The highest BCUT2D eigenvalue weighted by molar-refractivity contribution is 7.90. The number of halogens is 1. The minimum absolute atomic E-state index is 0.0371. The van der Waals surface area contributed by atoms with Gasteiger partial charge in [0.25, 0.3) is 5.91 Å². The number of carbonyl (C=O) groups excluding carboxylic acids is 3. The fraction of sp³-hybridized carbons (Fsp3) is 0.211. The number of benzene rings is 2. The van der Waals surface area contributed by atoms with Crippen molar-refractivity contribution in [1.29, 1.82) is 0 Å². The number of urea groups is 1. The SMILES string of the molecule is CC(OC(=O)c1ccc(Cl)c(S(C)(=O)=O)c1)C(=O)NC(=O)NCc1ccccc1. The lowest BCUT2D eigenvalue weighted by molar-refractivity contribution is -0.127. The third-order valence-electron chi connectivity index (χ3n) is 3.75. The molecule has 1 atom stereocenters. The van der Waals surface area contributed by atoms with E-state index in [0.717, 1.165) is 17.9 Å². The van der Waals surface area contributed by atoms with Crippen LogP contribution in [0.4, 0.5) is 4.79 Å². The first-order valence-electron chi connectivity index (χ1n) is 8.41. The third-order valence-corrected chi connectivity index (χ3v) is 5.33. The average molecular weight is 439 g/mol. The summed E-state index contributed by atoms with van der Waals surface area (Å²) in [6.07, 6.45) is -0.338. The summed E-state index contributed by atoms with van der Waals surface area (Å²) in [6, 6.07) is 11.9. The molecule has 0 radical (unpaired) electrons. The zero-order valence-corrected chi connectivity index (χ0v) is 17.2. The molecule has 0 spiro atoms. The van der Waals surface area contributed by atoms with Gasteiger partial charge in [-0.05, 0) is 30.7 Å². The number of ether oxygens (including phenoxy) is 1. The number of carbonyl (C=O) groups is 3.